The summed E-state index contributed by atoms with van der Waals surface area (Å²) in [6.45, 7) is 4.01. The van der Waals surface area contributed by atoms with Crippen LogP contribution in [0.2, 0.25) is 0 Å². The van der Waals surface area contributed by atoms with Gasteiger partial charge in [0.25, 0.3) is 0 Å². The molecule has 1 aliphatic rings. The molecular weight excluding hydrogens is 162 g/mol. The van der Waals surface area contributed by atoms with Gasteiger partial charge in [-0.15, -0.1) is 0 Å². The van der Waals surface area contributed by atoms with Crippen molar-refractivity contribution in [2.45, 2.75) is 32.3 Å². The minimum atomic E-state index is -0.721. The summed E-state index contributed by atoms with van der Waals surface area (Å²) in [6, 6.07) is 3.81. The van der Waals surface area contributed by atoms with Crippen LogP contribution < -0.4 is 0 Å². The molecular formula is C11H15NO. The fourth-order valence-corrected chi connectivity index (χ4v) is 1.67. The van der Waals surface area contributed by atoms with Crippen molar-refractivity contribution in [3.8, 4) is 0 Å². The third-order valence-electron chi connectivity index (χ3n) is 3.40. The third-order valence-corrected chi connectivity index (χ3v) is 3.40. The summed E-state index contributed by atoms with van der Waals surface area (Å²) in [5, 5.41) is 10.3. The predicted molar refractivity (Wildman–Crippen MR) is 51.1 cm³/mol. The smallest absolute Gasteiger partial charge is 0.0936 e. The van der Waals surface area contributed by atoms with Gasteiger partial charge in [-0.05, 0) is 25.8 Å². The highest BCUT2D eigenvalue weighted by Gasteiger charge is 2.53. The average molecular weight is 177 g/mol. The van der Waals surface area contributed by atoms with E-state index in [9.17, 15) is 5.11 Å². The quantitative estimate of drug-likeness (QED) is 0.750. The van der Waals surface area contributed by atoms with Crippen molar-refractivity contribution >= 4 is 0 Å². The first-order valence-corrected chi connectivity index (χ1v) is 4.69. The average Bonchev–Trinajstić information content (AvgIpc) is 2.87. The van der Waals surface area contributed by atoms with Crippen LogP contribution in [0.5, 0.6) is 0 Å². The maximum Gasteiger partial charge on any atom is 0.0936 e. The van der Waals surface area contributed by atoms with Crippen molar-refractivity contribution < 1.29 is 5.11 Å². The van der Waals surface area contributed by atoms with Crippen molar-refractivity contribution in [1.29, 1.82) is 0 Å². The van der Waals surface area contributed by atoms with Crippen LogP contribution >= 0.6 is 0 Å². The Labute approximate surface area is 78.6 Å². The molecule has 2 nitrogen and oxygen atoms in total. The first kappa shape index (κ1) is 8.70. The second-order valence-corrected chi connectivity index (χ2v) is 4.37. The molecule has 1 saturated carbocycles. The monoisotopic (exact) mass is 177 g/mol. The lowest BCUT2D eigenvalue weighted by atomic mass is 9.82. The molecule has 2 rings (SSSR count). The van der Waals surface area contributed by atoms with Crippen LogP contribution in [0.1, 0.15) is 32.3 Å². The molecule has 1 aromatic rings. The van der Waals surface area contributed by atoms with Gasteiger partial charge in [-0.1, -0.05) is 13.0 Å². The topological polar surface area (TPSA) is 33.1 Å². The highest BCUT2D eigenvalue weighted by Crippen LogP contribution is 2.57. The summed E-state index contributed by atoms with van der Waals surface area (Å²) in [4.78, 5) is 4.03. The molecule has 0 spiro atoms. The Balaban J connectivity index is 2.35. The van der Waals surface area contributed by atoms with Gasteiger partial charge in [0.2, 0.25) is 0 Å². The minimum Gasteiger partial charge on any atom is -0.385 e. The van der Waals surface area contributed by atoms with Crippen LogP contribution in [0.4, 0.5) is 0 Å². The number of aliphatic hydroxyl groups is 1. The zero-order valence-electron chi connectivity index (χ0n) is 8.12. The third kappa shape index (κ3) is 1.25. The molecule has 0 saturated heterocycles. The van der Waals surface area contributed by atoms with Gasteiger partial charge in [0.1, 0.15) is 0 Å². The van der Waals surface area contributed by atoms with E-state index in [0.717, 1.165) is 18.4 Å². The van der Waals surface area contributed by atoms with Crippen LogP contribution in [0.25, 0.3) is 0 Å². The Morgan fingerprint density at radius 2 is 2.23 bits per heavy atom. The summed E-state index contributed by atoms with van der Waals surface area (Å²) in [5.74, 6) is 0. The maximum absolute atomic E-state index is 10.3. The highest BCUT2D eigenvalue weighted by molar-refractivity contribution is 5.23. The Hall–Kier alpha value is -0.890. The van der Waals surface area contributed by atoms with Crippen LogP contribution in [0.3, 0.4) is 0 Å². The maximum atomic E-state index is 10.3. The number of hydrogen-bond donors (Lipinski definition) is 1. The van der Waals surface area contributed by atoms with E-state index in [1.165, 1.54) is 0 Å². The molecule has 0 bridgehead atoms. The summed E-state index contributed by atoms with van der Waals surface area (Å²) in [6.07, 6.45) is 5.70. The molecule has 1 unspecified atom stereocenters. The predicted octanol–water partition coefficient (Wildman–Crippen LogP) is 2.09. The second-order valence-electron chi connectivity index (χ2n) is 4.37. The fourth-order valence-electron chi connectivity index (χ4n) is 1.67. The van der Waals surface area contributed by atoms with Gasteiger partial charge in [0.15, 0.2) is 0 Å². The standard InChI is InChI=1S/C11H15NO/c1-10(5-6-10)11(2,13)9-4-3-7-12-8-9/h3-4,7-8,13H,5-6H2,1-2H3. The Morgan fingerprint density at radius 3 is 2.69 bits per heavy atom. The molecule has 0 aliphatic heterocycles. The van der Waals surface area contributed by atoms with E-state index in [4.69, 9.17) is 0 Å². The summed E-state index contributed by atoms with van der Waals surface area (Å²) in [5.41, 5.74) is 0.270. The van der Waals surface area contributed by atoms with E-state index < -0.39 is 5.60 Å². The zero-order chi connectivity index (χ0) is 9.53. The first-order valence-electron chi connectivity index (χ1n) is 4.69. The van der Waals surface area contributed by atoms with E-state index >= 15 is 0 Å². The largest absolute Gasteiger partial charge is 0.385 e. The molecule has 1 atom stereocenters. The van der Waals surface area contributed by atoms with Gasteiger partial charge < -0.3 is 5.11 Å². The van der Waals surface area contributed by atoms with Crippen molar-refractivity contribution in [2.24, 2.45) is 5.41 Å². The van der Waals surface area contributed by atoms with Gasteiger partial charge in [0, 0.05) is 23.4 Å². The Bertz CT molecular complexity index is 301. The van der Waals surface area contributed by atoms with Crippen LogP contribution in [-0.2, 0) is 5.60 Å². The van der Waals surface area contributed by atoms with Crippen LogP contribution in [-0.4, -0.2) is 10.1 Å². The molecule has 1 aromatic heterocycles. The lowest BCUT2D eigenvalue weighted by Crippen LogP contribution is -2.31. The number of rotatable bonds is 2. The van der Waals surface area contributed by atoms with Crippen molar-refractivity contribution in [3.63, 3.8) is 0 Å². The first-order chi connectivity index (χ1) is 6.06. The highest BCUT2D eigenvalue weighted by atomic mass is 16.3. The van der Waals surface area contributed by atoms with Gasteiger partial charge in [-0.2, -0.15) is 0 Å². The fraction of sp³-hybridized carbons (Fsp3) is 0.545. The molecule has 70 valence electrons. The van der Waals surface area contributed by atoms with E-state index in [0.29, 0.717) is 0 Å². The van der Waals surface area contributed by atoms with Gasteiger partial charge >= 0.3 is 0 Å². The van der Waals surface area contributed by atoms with Gasteiger partial charge in [0.05, 0.1) is 5.60 Å². The van der Waals surface area contributed by atoms with Gasteiger partial charge in [-0.3, -0.25) is 4.98 Å². The second kappa shape index (κ2) is 2.55. The normalized spacial score (nSPS) is 23.6. The minimum absolute atomic E-state index is 0.0655. The Kier molecular flexibility index (Phi) is 1.70. The lowest BCUT2D eigenvalue weighted by Gasteiger charge is -2.30. The summed E-state index contributed by atoms with van der Waals surface area (Å²) < 4.78 is 0. The van der Waals surface area contributed by atoms with E-state index in [-0.39, 0.29) is 5.41 Å². The SMILES string of the molecule is CC1(C(C)(O)c2cccnc2)CC1. The molecule has 2 heteroatoms. The molecule has 13 heavy (non-hydrogen) atoms. The number of aromatic nitrogens is 1. The zero-order valence-corrected chi connectivity index (χ0v) is 8.12. The van der Waals surface area contributed by atoms with E-state index in [2.05, 4.69) is 11.9 Å². The molecule has 1 heterocycles. The van der Waals surface area contributed by atoms with Crippen molar-refractivity contribution in [3.05, 3.63) is 30.1 Å². The molecule has 1 fully saturated rings. The van der Waals surface area contributed by atoms with Crippen molar-refractivity contribution in [2.75, 3.05) is 0 Å². The summed E-state index contributed by atoms with van der Waals surface area (Å²) >= 11 is 0. The number of hydrogen-bond acceptors (Lipinski definition) is 2. The van der Waals surface area contributed by atoms with Crippen LogP contribution in [0, 0.1) is 5.41 Å². The van der Waals surface area contributed by atoms with Crippen LogP contribution in [0.15, 0.2) is 24.5 Å². The summed E-state index contributed by atoms with van der Waals surface area (Å²) in [7, 11) is 0. The molecule has 0 radical (unpaired) electrons. The lowest BCUT2D eigenvalue weighted by molar-refractivity contribution is -0.0129. The molecule has 1 N–H and O–H groups in total. The molecule has 0 aromatic carbocycles. The number of nitrogens with zero attached hydrogens (tertiary/aromatic N) is 1. The Morgan fingerprint density at radius 1 is 1.54 bits per heavy atom. The number of pyridine rings is 1. The molecule has 1 aliphatic carbocycles. The van der Waals surface area contributed by atoms with E-state index in [1.807, 2.05) is 19.1 Å². The van der Waals surface area contributed by atoms with Crippen molar-refractivity contribution in [1.82, 2.24) is 4.98 Å². The molecule has 0 amide bonds. The van der Waals surface area contributed by atoms with Gasteiger partial charge in [-0.25, -0.2) is 0 Å². The van der Waals surface area contributed by atoms with E-state index in [1.54, 1.807) is 12.4 Å².